The second-order valence-electron chi connectivity index (χ2n) is 4.41. The van der Waals surface area contributed by atoms with Crippen molar-refractivity contribution in [3.05, 3.63) is 35.4 Å². The molecule has 1 aromatic rings. The van der Waals surface area contributed by atoms with Crippen LogP contribution in [0.25, 0.3) is 0 Å². The van der Waals surface area contributed by atoms with E-state index in [0.717, 1.165) is 0 Å². The van der Waals surface area contributed by atoms with Gasteiger partial charge in [-0.3, -0.25) is 0 Å². The molecule has 0 radical (unpaired) electrons. The highest BCUT2D eigenvalue weighted by atomic mass is 32.2. The summed E-state index contributed by atoms with van der Waals surface area (Å²) in [5, 5.41) is 18.0. The van der Waals surface area contributed by atoms with E-state index in [1.807, 2.05) is 6.07 Å². The lowest BCUT2D eigenvalue weighted by atomic mass is 10.1. The van der Waals surface area contributed by atoms with Gasteiger partial charge in [0, 0.05) is 6.54 Å². The normalized spacial score (nSPS) is 12.9. The minimum atomic E-state index is -3.45. The predicted molar refractivity (Wildman–Crippen MR) is 72.7 cm³/mol. The van der Waals surface area contributed by atoms with Crippen LogP contribution in [-0.2, 0) is 15.8 Å². The van der Waals surface area contributed by atoms with Gasteiger partial charge in [-0.15, -0.1) is 0 Å². The Bertz CT molecular complexity index is 547. The van der Waals surface area contributed by atoms with Crippen LogP contribution in [-0.4, -0.2) is 26.2 Å². The highest BCUT2D eigenvalue weighted by Gasteiger charge is 2.13. The molecule has 0 heterocycles. The van der Waals surface area contributed by atoms with Crippen molar-refractivity contribution in [3.63, 3.8) is 0 Å². The molecule has 0 saturated carbocycles. The van der Waals surface area contributed by atoms with Gasteiger partial charge in [0.2, 0.25) is 10.0 Å². The van der Waals surface area contributed by atoms with Crippen LogP contribution in [0.3, 0.4) is 0 Å². The van der Waals surface area contributed by atoms with Crippen molar-refractivity contribution in [2.45, 2.75) is 31.6 Å². The molecule has 0 aliphatic heterocycles. The molecule has 1 rings (SSSR count). The number of nitrogens with one attached hydrogen (secondary N) is 1. The van der Waals surface area contributed by atoms with Crippen LogP contribution in [0.5, 0.6) is 0 Å². The smallest absolute Gasteiger partial charge is 0.215 e. The molecule has 6 heteroatoms. The van der Waals surface area contributed by atoms with Crippen molar-refractivity contribution in [2.24, 2.45) is 0 Å². The standard InChI is InChI=1S/C13H18N2O3S/c1-11(16)5-4-8-15-19(17,18)10-13-7-3-2-6-12(13)9-14/h2-3,6-7,11,15-16H,4-5,8,10H2,1H3. The number of aliphatic hydroxyl groups is 1. The highest BCUT2D eigenvalue weighted by Crippen LogP contribution is 2.10. The summed E-state index contributed by atoms with van der Waals surface area (Å²) in [5.74, 6) is -0.203. The summed E-state index contributed by atoms with van der Waals surface area (Å²) < 4.78 is 26.1. The topological polar surface area (TPSA) is 90.2 Å². The summed E-state index contributed by atoms with van der Waals surface area (Å²) in [6.45, 7) is 1.96. The molecular weight excluding hydrogens is 264 g/mol. The van der Waals surface area contributed by atoms with Gasteiger partial charge < -0.3 is 5.11 Å². The van der Waals surface area contributed by atoms with Gasteiger partial charge in [-0.05, 0) is 31.4 Å². The summed E-state index contributed by atoms with van der Waals surface area (Å²) in [6.07, 6.45) is 0.706. The van der Waals surface area contributed by atoms with Gasteiger partial charge in [0.25, 0.3) is 0 Å². The van der Waals surface area contributed by atoms with Crippen molar-refractivity contribution in [1.82, 2.24) is 4.72 Å². The molecule has 0 aromatic heterocycles. The molecule has 0 fully saturated rings. The average molecular weight is 282 g/mol. The second kappa shape index (κ2) is 7.24. The van der Waals surface area contributed by atoms with Gasteiger partial charge in [0.15, 0.2) is 0 Å². The van der Waals surface area contributed by atoms with Gasteiger partial charge in [-0.2, -0.15) is 5.26 Å². The Hall–Kier alpha value is -1.42. The van der Waals surface area contributed by atoms with Gasteiger partial charge in [-0.25, -0.2) is 13.1 Å². The fraction of sp³-hybridized carbons (Fsp3) is 0.462. The number of hydrogen-bond acceptors (Lipinski definition) is 4. The fourth-order valence-electron chi connectivity index (χ4n) is 1.64. The zero-order chi connectivity index (χ0) is 14.3. The monoisotopic (exact) mass is 282 g/mol. The van der Waals surface area contributed by atoms with Crippen molar-refractivity contribution in [1.29, 1.82) is 5.26 Å². The third-order valence-corrected chi connectivity index (χ3v) is 3.94. The molecule has 0 saturated heterocycles. The first-order valence-electron chi connectivity index (χ1n) is 6.08. The van der Waals surface area contributed by atoms with E-state index in [1.165, 1.54) is 0 Å². The molecule has 19 heavy (non-hydrogen) atoms. The Balaban J connectivity index is 2.57. The Morgan fingerprint density at radius 1 is 1.42 bits per heavy atom. The minimum Gasteiger partial charge on any atom is -0.393 e. The summed E-state index contributed by atoms with van der Waals surface area (Å²) in [6, 6.07) is 8.61. The maximum absolute atomic E-state index is 11.8. The SMILES string of the molecule is CC(O)CCCNS(=O)(=O)Cc1ccccc1C#N. The third-order valence-electron chi connectivity index (χ3n) is 2.60. The summed E-state index contributed by atoms with van der Waals surface area (Å²) in [7, 11) is -3.45. The first-order chi connectivity index (χ1) is 8.94. The van der Waals surface area contributed by atoms with E-state index in [1.54, 1.807) is 31.2 Å². The van der Waals surface area contributed by atoms with E-state index in [9.17, 15) is 8.42 Å². The lowest BCUT2D eigenvalue weighted by molar-refractivity contribution is 0.182. The number of hydrogen-bond donors (Lipinski definition) is 2. The molecule has 0 aliphatic rings. The van der Waals surface area contributed by atoms with Crippen LogP contribution in [0, 0.1) is 11.3 Å². The Morgan fingerprint density at radius 2 is 2.11 bits per heavy atom. The van der Waals surface area contributed by atoms with Gasteiger partial charge in [0.05, 0.1) is 23.5 Å². The number of sulfonamides is 1. The van der Waals surface area contributed by atoms with E-state index < -0.39 is 16.1 Å². The second-order valence-corrected chi connectivity index (χ2v) is 6.22. The lowest BCUT2D eigenvalue weighted by Crippen LogP contribution is -2.27. The molecule has 0 spiro atoms. The number of nitrogens with zero attached hydrogens (tertiary/aromatic N) is 1. The summed E-state index contributed by atoms with van der Waals surface area (Å²) in [5.41, 5.74) is 0.866. The van der Waals surface area contributed by atoms with Crippen LogP contribution in [0.1, 0.15) is 30.9 Å². The molecular formula is C13H18N2O3S. The van der Waals surface area contributed by atoms with E-state index >= 15 is 0 Å². The molecule has 0 bridgehead atoms. The van der Waals surface area contributed by atoms with Crippen molar-refractivity contribution >= 4 is 10.0 Å². The van der Waals surface area contributed by atoms with E-state index in [-0.39, 0.29) is 5.75 Å². The molecule has 1 atom stereocenters. The van der Waals surface area contributed by atoms with Crippen molar-refractivity contribution in [2.75, 3.05) is 6.54 Å². The molecule has 0 aliphatic carbocycles. The number of aliphatic hydroxyl groups excluding tert-OH is 1. The van der Waals surface area contributed by atoms with Crippen LogP contribution in [0.2, 0.25) is 0 Å². The molecule has 0 amide bonds. The third kappa shape index (κ3) is 5.83. The lowest BCUT2D eigenvalue weighted by Gasteiger charge is -2.08. The Kier molecular flexibility index (Phi) is 5.96. The van der Waals surface area contributed by atoms with E-state index in [0.29, 0.717) is 30.5 Å². The number of nitriles is 1. The molecule has 2 N–H and O–H groups in total. The zero-order valence-electron chi connectivity index (χ0n) is 10.8. The molecule has 104 valence electrons. The number of benzene rings is 1. The van der Waals surface area contributed by atoms with Crippen molar-refractivity contribution < 1.29 is 13.5 Å². The average Bonchev–Trinajstić information content (AvgIpc) is 2.35. The molecule has 5 nitrogen and oxygen atoms in total. The number of rotatable bonds is 7. The van der Waals surface area contributed by atoms with Crippen LogP contribution < -0.4 is 4.72 Å². The van der Waals surface area contributed by atoms with E-state index in [4.69, 9.17) is 10.4 Å². The first kappa shape index (κ1) is 15.6. The maximum Gasteiger partial charge on any atom is 0.215 e. The summed E-state index contributed by atoms with van der Waals surface area (Å²) >= 11 is 0. The first-order valence-corrected chi connectivity index (χ1v) is 7.73. The van der Waals surface area contributed by atoms with E-state index in [2.05, 4.69) is 4.72 Å². The summed E-state index contributed by atoms with van der Waals surface area (Å²) in [4.78, 5) is 0. The van der Waals surface area contributed by atoms with Gasteiger partial charge in [-0.1, -0.05) is 18.2 Å². The Morgan fingerprint density at radius 3 is 2.74 bits per heavy atom. The maximum atomic E-state index is 11.8. The van der Waals surface area contributed by atoms with Crippen LogP contribution >= 0.6 is 0 Å². The van der Waals surface area contributed by atoms with Gasteiger partial charge >= 0.3 is 0 Å². The minimum absolute atomic E-state index is 0.203. The quantitative estimate of drug-likeness (QED) is 0.734. The molecule has 1 aromatic carbocycles. The zero-order valence-corrected chi connectivity index (χ0v) is 11.7. The van der Waals surface area contributed by atoms with Crippen LogP contribution in [0.15, 0.2) is 24.3 Å². The fourth-order valence-corrected chi connectivity index (χ4v) is 2.85. The largest absolute Gasteiger partial charge is 0.393 e. The van der Waals surface area contributed by atoms with Crippen LogP contribution in [0.4, 0.5) is 0 Å². The highest BCUT2D eigenvalue weighted by molar-refractivity contribution is 7.88. The van der Waals surface area contributed by atoms with Gasteiger partial charge in [0.1, 0.15) is 0 Å². The van der Waals surface area contributed by atoms with Crippen molar-refractivity contribution in [3.8, 4) is 6.07 Å². The predicted octanol–water partition coefficient (Wildman–Crippen LogP) is 1.14. The Labute approximate surface area is 113 Å². The molecule has 1 unspecified atom stereocenters.